The van der Waals surface area contributed by atoms with Crippen molar-refractivity contribution in [2.75, 3.05) is 0 Å². The van der Waals surface area contributed by atoms with E-state index in [1.807, 2.05) is 56.3 Å². The molecule has 6 nitrogen and oxygen atoms in total. The van der Waals surface area contributed by atoms with Gasteiger partial charge in [-0.15, -0.1) is 0 Å². The first-order valence-electron chi connectivity index (χ1n) is 9.09. The number of pyridine rings is 1. The molecule has 0 N–H and O–H groups in total. The van der Waals surface area contributed by atoms with Gasteiger partial charge in [0, 0.05) is 16.6 Å². The fraction of sp³-hybridized carbons (Fsp3) is 0.0909. The topological polar surface area (TPSA) is 65.7 Å². The molecule has 2 aromatic carbocycles. The highest BCUT2D eigenvalue weighted by atomic mass is 35.5. The summed E-state index contributed by atoms with van der Waals surface area (Å²) in [4.78, 5) is 13.2. The van der Waals surface area contributed by atoms with E-state index in [9.17, 15) is 0 Å². The molecule has 0 bridgehead atoms. The second-order valence-corrected chi connectivity index (χ2v) is 7.20. The number of nitrogens with zero attached hydrogens (tertiary/aromatic N) is 5. The Morgan fingerprint density at radius 1 is 0.966 bits per heavy atom. The summed E-state index contributed by atoms with van der Waals surface area (Å²) in [7, 11) is 0. The third-order valence-electron chi connectivity index (χ3n) is 4.85. The van der Waals surface area contributed by atoms with Gasteiger partial charge in [0.2, 0.25) is 5.88 Å². The largest absolute Gasteiger partial charge is 0.436 e. The van der Waals surface area contributed by atoms with Gasteiger partial charge < -0.3 is 4.74 Å². The first kappa shape index (κ1) is 17.6. The molecule has 142 valence electrons. The maximum absolute atomic E-state index is 6.29. The van der Waals surface area contributed by atoms with Crippen LogP contribution >= 0.6 is 11.6 Å². The van der Waals surface area contributed by atoms with Gasteiger partial charge in [0.25, 0.3) is 0 Å². The highest BCUT2D eigenvalue weighted by Gasteiger charge is 2.16. The lowest BCUT2D eigenvalue weighted by molar-refractivity contribution is 0.469. The normalized spacial score (nSPS) is 11.3. The number of halogens is 1. The van der Waals surface area contributed by atoms with Crippen LogP contribution in [-0.2, 0) is 0 Å². The highest BCUT2D eigenvalue weighted by molar-refractivity contribution is 6.31. The Balaban J connectivity index is 1.64. The number of aryl methyl sites for hydroxylation is 2. The van der Waals surface area contributed by atoms with Gasteiger partial charge in [0.05, 0.1) is 11.9 Å². The number of aromatic nitrogens is 5. The minimum absolute atomic E-state index is 0.431. The first-order chi connectivity index (χ1) is 14.1. The molecule has 5 aromatic rings. The van der Waals surface area contributed by atoms with Crippen molar-refractivity contribution in [2.45, 2.75) is 13.8 Å². The van der Waals surface area contributed by atoms with Crippen LogP contribution in [0.3, 0.4) is 0 Å². The van der Waals surface area contributed by atoms with Crippen molar-refractivity contribution in [1.29, 1.82) is 0 Å². The molecule has 3 heterocycles. The minimum atomic E-state index is 0.431. The van der Waals surface area contributed by atoms with E-state index < -0.39 is 0 Å². The molecule has 0 saturated carbocycles. The molecule has 29 heavy (non-hydrogen) atoms. The van der Waals surface area contributed by atoms with Gasteiger partial charge in [-0.25, -0.2) is 14.6 Å². The average molecular weight is 402 g/mol. The lowest BCUT2D eigenvalue weighted by Gasteiger charge is -2.11. The molecule has 0 saturated heterocycles. The zero-order chi connectivity index (χ0) is 20.0. The van der Waals surface area contributed by atoms with Crippen LogP contribution < -0.4 is 4.74 Å². The van der Waals surface area contributed by atoms with Gasteiger partial charge in [0.1, 0.15) is 17.2 Å². The minimum Gasteiger partial charge on any atom is -0.436 e. The molecule has 5 rings (SSSR count). The first-order valence-corrected chi connectivity index (χ1v) is 9.47. The van der Waals surface area contributed by atoms with E-state index in [4.69, 9.17) is 16.3 Å². The second kappa shape index (κ2) is 6.83. The zero-order valence-electron chi connectivity index (χ0n) is 15.8. The van der Waals surface area contributed by atoms with E-state index in [-0.39, 0.29) is 0 Å². The summed E-state index contributed by atoms with van der Waals surface area (Å²) in [5.74, 6) is 1.11. The Labute approximate surface area is 171 Å². The smallest absolute Gasteiger partial charge is 0.233 e. The second-order valence-electron chi connectivity index (χ2n) is 6.79. The number of hydrogen-bond acceptors (Lipinski definition) is 5. The number of ether oxygens (including phenoxy) is 1. The van der Waals surface area contributed by atoms with Crippen LogP contribution in [0.1, 0.15) is 11.1 Å². The van der Waals surface area contributed by atoms with Crippen molar-refractivity contribution >= 4 is 33.5 Å². The summed E-state index contributed by atoms with van der Waals surface area (Å²) in [6.45, 7) is 3.95. The summed E-state index contributed by atoms with van der Waals surface area (Å²) < 4.78 is 7.96. The molecular formula is C22H16ClN5O. The SMILES string of the molecule is Cc1ccc(-n2ncc3c(Oc4c(C)ccc5cccnc45)ncnc32)cc1Cl. The van der Waals surface area contributed by atoms with Gasteiger partial charge in [0.15, 0.2) is 11.4 Å². The summed E-state index contributed by atoms with van der Waals surface area (Å²) in [5, 5.41) is 6.87. The quantitative estimate of drug-likeness (QED) is 0.403. The van der Waals surface area contributed by atoms with Crippen LogP contribution in [-0.4, -0.2) is 24.7 Å². The lowest BCUT2D eigenvalue weighted by atomic mass is 10.1. The van der Waals surface area contributed by atoms with Crippen molar-refractivity contribution < 1.29 is 4.74 Å². The third kappa shape index (κ3) is 2.98. The van der Waals surface area contributed by atoms with Crippen molar-refractivity contribution in [3.8, 4) is 17.3 Å². The number of rotatable bonds is 3. The van der Waals surface area contributed by atoms with Crippen LogP contribution in [0.2, 0.25) is 5.02 Å². The van der Waals surface area contributed by atoms with Crippen molar-refractivity contribution in [1.82, 2.24) is 24.7 Å². The Morgan fingerprint density at radius 2 is 1.83 bits per heavy atom. The highest BCUT2D eigenvalue weighted by Crippen LogP contribution is 2.34. The van der Waals surface area contributed by atoms with Gasteiger partial charge in [-0.2, -0.15) is 5.10 Å². The van der Waals surface area contributed by atoms with E-state index in [1.165, 1.54) is 6.33 Å². The lowest BCUT2D eigenvalue weighted by Crippen LogP contribution is -1.99. The Bertz CT molecular complexity index is 1380. The summed E-state index contributed by atoms with van der Waals surface area (Å²) in [5.41, 5.74) is 4.23. The Hall–Kier alpha value is -3.51. The van der Waals surface area contributed by atoms with Gasteiger partial charge >= 0.3 is 0 Å². The van der Waals surface area contributed by atoms with E-state index in [2.05, 4.69) is 20.1 Å². The molecule has 3 aromatic heterocycles. The average Bonchev–Trinajstić information content (AvgIpc) is 3.17. The fourth-order valence-electron chi connectivity index (χ4n) is 3.25. The number of fused-ring (bicyclic) bond motifs is 2. The maximum Gasteiger partial charge on any atom is 0.233 e. The molecule has 0 fully saturated rings. The number of hydrogen-bond donors (Lipinski definition) is 0. The molecule has 0 amide bonds. The van der Waals surface area contributed by atoms with E-state index >= 15 is 0 Å². The molecule has 0 aliphatic carbocycles. The molecule has 0 spiro atoms. The fourth-order valence-corrected chi connectivity index (χ4v) is 3.43. The van der Waals surface area contributed by atoms with Gasteiger partial charge in [-0.05, 0) is 43.2 Å². The van der Waals surface area contributed by atoms with Crippen LogP contribution in [0, 0.1) is 13.8 Å². The van der Waals surface area contributed by atoms with Crippen LogP contribution in [0.25, 0.3) is 27.6 Å². The van der Waals surface area contributed by atoms with Crippen molar-refractivity contribution in [3.63, 3.8) is 0 Å². The van der Waals surface area contributed by atoms with Crippen molar-refractivity contribution in [3.05, 3.63) is 77.3 Å². The van der Waals surface area contributed by atoms with Crippen LogP contribution in [0.4, 0.5) is 0 Å². The van der Waals surface area contributed by atoms with E-state index in [0.717, 1.165) is 27.7 Å². The standard InChI is InChI=1S/C22H16ClN5O/c1-13-6-8-16(10-18(13)23)28-21-17(11-27-28)22(26-12-25-21)29-20-14(2)5-7-15-4-3-9-24-19(15)20/h3-12H,1-2H3. The van der Waals surface area contributed by atoms with E-state index in [1.54, 1.807) is 17.1 Å². The third-order valence-corrected chi connectivity index (χ3v) is 5.26. The molecule has 0 aliphatic rings. The number of benzene rings is 2. The predicted molar refractivity (Wildman–Crippen MR) is 113 cm³/mol. The molecule has 0 radical (unpaired) electrons. The molecule has 0 aliphatic heterocycles. The monoisotopic (exact) mass is 401 g/mol. The molecule has 0 unspecified atom stereocenters. The summed E-state index contributed by atoms with van der Waals surface area (Å²) >= 11 is 6.29. The predicted octanol–water partition coefficient (Wildman–Crippen LogP) is 5.43. The summed E-state index contributed by atoms with van der Waals surface area (Å²) in [6.07, 6.45) is 4.93. The molecular weight excluding hydrogens is 386 g/mol. The van der Waals surface area contributed by atoms with Crippen LogP contribution in [0.5, 0.6) is 11.6 Å². The van der Waals surface area contributed by atoms with Gasteiger partial charge in [-0.3, -0.25) is 4.98 Å². The molecule has 7 heteroatoms. The Kier molecular flexibility index (Phi) is 4.14. The summed E-state index contributed by atoms with van der Waals surface area (Å²) in [6, 6.07) is 13.7. The van der Waals surface area contributed by atoms with Gasteiger partial charge in [-0.1, -0.05) is 35.9 Å². The van der Waals surface area contributed by atoms with Crippen LogP contribution in [0.15, 0.2) is 61.2 Å². The van der Waals surface area contributed by atoms with E-state index in [0.29, 0.717) is 27.7 Å². The zero-order valence-corrected chi connectivity index (χ0v) is 16.6. The Morgan fingerprint density at radius 3 is 2.69 bits per heavy atom. The maximum atomic E-state index is 6.29. The molecule has 0 atom stereocenters. The van der Waals surface area contributed by atoms with Crippen molar-refractivity contribution in [2.24, 2.45) is 0 Å².